The minimum absolute atomic E-state index is 0.109. The van der Waals surface area contributed by atoms with Crippen molar-refractivity contribution in [3.05, 3.63) is 50.7 Å². The van der Waals surface area contributed by atoms with Gasteiger partial charge in [-0.1, -0.05) is 25.5 Å². The molecule has 2 rings (SSSR count). The summed E-state index contributed by atoms with van der Waals surface area (Å²) in [5.74, 6) is 0.109. The molecule has 0 aliphatic carbocycles. The molecule has 0 saturated carbocycles. The SMILES string of the molecule is CCCCn1c(N)c(N(C)C(=S)Nc2cccc(C)c2)c(=O)[nH]c1=O. The first kappa shape index (κ1) is 18.7. The molecule has 4 N–H and O–H groups in total. The Morgan fingerprint density at radius 2 is 2.12 bits per heavy atom. The van der Waals surface area contributed by atoms with Gasteiger partial charge in [-0.05, 0) is 43.3 Å². The van der Waals surface area contributed by atoms with E-state index in [1.54, 1.807) is 7.05 Å². The lowest BCUT2D eigenvalue weighted by Crippen LogP contribution is -2.40. The van der Waals surface area contributed by atoms with Gasteiger partial charge in [0.1, 0.15) is 11.5 Å². The molecule has 25 heavy (non-hydrogen) atoms. The van der Waals surface area contributed by atoms with E-state index in [0.717, 1.165) is 24.1 Å². The number of unbranched alkanes of at least 4 members (excludes halogenated alkanes) is 1. The summed E-state index contributed by atoms with van der Waals surface area (Å²) in [4.78, 5) is 28.1. The van der Waals surface area contributed by atoms with Crippen LogP contribution in [0.25, 0.3) is 0 Å². The van der Waals surface area contributed by atoms with Crippen molar-refractivity contribution in [2.45, 2.75) is 33.2 Å². The largest absolute Gasteiger partial charge is 0.383 e. The van der Waals surface area contributed by atoms with E-state index in [1.165, 1.54) is 9.47 Å². The molecule has 0 aliphatic heterocycles. The molecule has 0 unspecified atom stereocenters. The number of aromatic nitrogens is 2. The van der Waals surface area contributed by atoms with Gasteiger partial charge in [-0.2, -0.15) is 0 Å². The fourth-order valence-electron chi connectivity index (χ4n) is 2.47. The van der Waals surface area contributed by atoms with Crippen LogP contribution in [0.5, 0.6) is 0 Å². The molecule has 2 aromatic rings. The molecule has 0 fully saturated rings. The van der Waals surface area contributed by atoms with Crippen LogP contribution in [0.2, 0.25) is 0 Å². The Balaban J connectivity index is 2.34. The fourth-order valence-corrected chi connectivity index (χ4v) is 2.68. The number of nitrogens with two attached hydrogens (primary N) is 1. The monoisotopic (exact) mass is 361 g/mol. The second-order valence-electron chi connectivity index (χ2n) is 5.86. The van der Waals surface area contributed by atoms with Crippen LogP contribution >= 0.6 is 12.2 Å². The Hall–Kier alpha value is -2.61. The molecule has 134 valence electrons. The molecule has 1 heterocycles. The highest BCUT2D eigenvalue weighted by atomic mass is 32.1. The van der Waals surface area contributed by atoms with Crippen molar-refractivity contribution in [1.29, 1.82) is 0 Å². The first-order chi connectivity index (χ1) is 11.8. The van der Waals surface area contributed by atoms with E-state index < -0.39 is 11.2 Å². The summed E-state index contributed by atoms with van der Waals surface area (Å²) >= 11 is 5.39. The van der Waals surface area contributed by atoms with Crippen LogP contribution < -0.4 is 27.2 Å². The number of anilines is 3. The maximum atomic E-state index is 12.3. The molecule has 0 amide bonds. The summed E-state index contributed by atoms with van der Waals surface area (Å²) in [6.45, 7) is 4.43. The summed E-state index contributed by atoms with van der Waals surface area (Å²) in [5, 5.41) is 3.38. The summed E-state index contributed by atoms with van der Waals surface area (Å²) < 4.78 is 1.37. The lowest BCUT2D eigenvalue weighted by atomic mass is 10.2. The van der Waals surface area contributed by atoms with Crippen molar-refractivity contribution in [1.82, 2.24) is 9.55 Å². The molecule has 0 spiro atoms. The van der Waals surface area contributed by atoms with Gasteiger partial charge in [-0.15, -0.1) is 0 Å². The highest BCUT2D eigenvalue weighted by molar-refractivity contribution is 7.80. The number of nitrogen functional groups attached to an aromatic ring is 1. The van der Waals surface area contributed by atoms with Crippen molar-refractivity contribution < 1.29 is 0 Å². The van der Waals surface area contributed by atoms with E-state index in [0.29, 0.717) is 11.7 Å². The van der Waals surface area contributed by atoms with Gasteiger partial charge in [0.2, 0.25) is 0 Å². The number of nitrogens with one attached hydrogen (secondary N) is 2. The zero-order valence-electron chi connectivity index (χ0n) is 14.6. The highest BCUT2D eigenvalue weighted by Gasteiger charge is 2.18. The maximum absolute atomic E-state index is 12.3. The number of hydrogen-bond donors (Lipinski definition) is 3. The summed E-state index contributed by atoms with van der Waals surface area (Å²) in [7, 11) is 1.64. The van der Waals surface area contributed by atoms with Gasteiger partial charge < -0.3 is 16.0 Å². The third-order valence-electron chi connectivity index (χ3n) is 3.86. The van der Waals surface area contributed by atoms with Gasteiger partial charge in [0, 0.05) is 19.3 Å². The molecule has 0 aliphatic rings. The van der Waals surface area contributed by atoms with Crippen molar-refractivity contribution in [2.75, 3.05) is 23.0 Å². The average Bonchev–Trinajstić information content (AvgIpc) is 2.54. The Labute approximate surface area is 151 Å². The molecular weight excluding hydrogens is 338 g/mol. The molecule has 7 nitrogen and oxygen atoms in total. The van der Waals surface area contributed by atoms with Crippen LogP contribution in [0.15, 0.2) is 33.9 Å². The van der Waals surface area contributed by atoms with Crippen LogP contribution in [-0.2, 0) is 6.54 Å². The third kappa shape index (κ3) is 4.27. The lowest BCUT2D eigenvalue weighted by Gasteiger charge is -2.23. The van der Waals surface area contributed by atoms with E-state index in [2.05, 4.69) is 10.3 Å². The van der Waals surface area contributed by atoms with Crippen molar-refractivity contribution in [2.24, 2.45) is 0 Å². The minimum Gasteiger partial charge on any atom is -0.383 e. The fraction of sp³-hybridized carbons (Fsp3) is 0.353. The Morgan fingerprint density at radius 3 is 2.76 bits per heavy atom. The number of aryl methyl sites for hydroxylation is 1. The predicted octanol–water partition coefficient (Wildman–Crippen LogP) is 2.06. The topological polar surface area (TPSA) is 96.2 Å². The molecule has 1 aromatic carbocycles. The number of nitrogens with zero attached hydrogens (tertiary/aromatic N) is 2. The lowest BCUT2D eigenvalue weighted by molar-refractivity contribution is 0.605. The second-order valence-corrected chi connectivity index (χ2v) is 6.24. The second kappa shape index (κ2) is 7.98. The Morgan fingerprint density at radius 1 is 1.40 bits per heavy atom. The molecule has 0 atom stereocenters. The van der Waals surface area contributed by atoms with Crippen molar-refractivity contribution in [3.8, 4) is 0 Å². The third-order valence-corrected chi connectivity index (χ3v) is 4.23. The van der Waals surface area contributed by atoms with Crippen LogP contribution in [0.3, 0.4) is 0 Å². The van der Waals surface area contributed by atoms with Gasteiger partial charge in [0.15, 0.2) is 5.11 Å². The molecular formula is C17H23N5O2S. The van der Waals surface area contributed by atoms with E-state index in [-0.39, 0.29) is 11.5 Å². The normalized spacial score (nSPS) is 10.5. The van der Waals surface area contributed by atoms with Crippen molar-refractivity contribution >= 4 is 34.5 Å². The maximum Gasteiger partial charge on any atom is 0.330 e. The number of rotatable bonds is 5. The molecule has 0 saturated heterocycles. The van der Waals surface area contributed by atoms with Gasteiger partial charge >= 0.3 is 5.69 Å². The van der Waals surface area contributed by atoms with E-state index in [9.17, 15) is 9.59 Å². The first-order valence-corrected chi connectivity index (χ1v) is 8.50. The average molecular weight is 361 g/mol. The standard InChI is InChI=1S/C17H23N5O2S/c1-4-5-9-22-14(18)13(15(23)20-16(22)24)21(3)17(25)19-12-8-6-7-11(2)10-12/h6-8,10H,4-5,9,18H2,1-3H3,(H,19,25)(H,20,23,24). The molecule has 0 bridgehead atoms. The predicted molar refractivity (Wildman–Crippen MR) is 106 cm³/mol. The van der Waals surface area contributed by atoms with Crippen LogP contribution in [-0.4, -0.2) is 21.7 Å². The summed E-state index contributed by atoms with van der Waals surface area (Å²) in [6.07, 6.45) is 1.69. The van der Waals surface area contributed by atoms with E-state index in [1.807, 2.05) is 38.1 Å². The van der Waals surface area contributed by atoms with E-state index in [4.69, 9.17) is 18.0 Å². The van der Waals surface area contributed by atoms with Crippen molar-refractivity contribution in [3.63, 3.8) is 0 Å². The number of aromatic amines is 1. The Kier molecular flexibility index (Phi) is 5.97. The zero-order chi connectivity index (χ0) is 18.6. The van der Waals surface area contributed by atoms with E-state index >= 15 is 0 Å². The van der Waals surface area contributed by atoms with Crippen LogP contribution in [0.4, 0.5) is 17.2 Å². The minimum atomic E-state index is -0.564. The number of benzene rings is 1. The number of hydrogen-bond acceptors (Lipinski definition) is 4. The molecule has 1 aromatic heterocycles. The summed E-state index contributed by atoms with van der Waals surface area (Å²) in [5.41, 5.74) is 7.07. The number of thiocarbonyl (C=S) groups is 1. The smallest absolute Gasteiger partial charge is 0.330 e. The quantitative estimate of drug-likeness (QED) is 0.706. The Bertz CT molecular complexity index is 887. The summed E-state index contributed by atoms with van der Waals surface area (Å²) in [6, 6.07) is 7.70. The molecule has 8 heteroatoms. The van der Waals surface area contributed by atoms with Crippen LogP contribution in [0, 0.1) is 6.92 Å². The van der Waals surface area contributed by atoms with Crippen LogP contribution in [0.1, 0.15) is 25.3 Å². The van der Waals surface area contributed by atoms with Gasteiger partial charge in [-0.25, -0.2) is 4.79 Å². The highest BCUT2D eigenvalue weighted by Crippen LogP contribution is 2.17. The van der Waals surface area contributed by atoms with Gasteiger partial charge in [0.05, 0.1) is 0 Å². The first-order valence-electron chi connectivity index (χ1n) is 8.09. The number of H-pyrrole nitrogens is 1. The van der Waals surface area contributed by atoms with Gasteiger partial charge in [0.25, 0.3) is 5.56 Å². The zero-order valence-corrected chi connectivity index (χ0v) is 15.4. The van der Waals surface area contributed by atoms with Gasteiger partial charge in [-0.3, -0.25) is 14.3 Å². The molecule has 0 radical (unpaired) electrons.